The first-order chi connectivity index (χ1) is 28.0. The molecule has 0 radical (unpaired) electrons. The van der Waals surface area contributed by atoms with Gasteiger partial charge in [0.05, 0.1) is 0 Å². The van der Waals surface area contributed by atoms with Crippen LogP contribution in [0.3, 0.4) is 0 Å². The standard InChI is InChI=1S/C55H39NO/c1-55(2)50-33-32-43(56(41-28-24-38(25-29-41)36-14-5-3-6-15-36)42-30-26-39(27-31-42)37-16-7-4-8-17-37)35-49(50)52-48(34-40-18-9-10-19-44(40)53(52)55)47-22-13-21-46-45-20-11-12-23-51(45)57-54(46)47/h3-35H,1-2H3. The Hall–Kier alpha value is -7.16. The second-order valence-corrected chi connectivity index (χ2v) is 15.7. The molecule has 57 heavy (non-hydrogen) atoms. The van der Waals surface area contributed by atoms with Gasteiger partial charge in [-0.2, -0.15) is 0 Å². The molecule has 0 aliphatic heterocycles. The molecule has 10 aromatic rings. The molecule has 2 nitrogen and oxygen atoms in total. The summed E-state index contributed by atoms with van der Waals surface area (Å²) < 4.78 is 6.70. The van der Waals surface area contributed by atoms with Crippen molar-refractivity contribution in [3.63, 3.8) is 0 Å². The van der Waals surface area contributed by atoms with Crippen LogP contribution in [-0.4, -0.2) is 0 Å². The molecule has 1 aromatic heterocycles. The maximum atomic E-state index is 6.70. The van der Waals surface area contributed by atoms with Crippen LogP contribution in [0.25, 0.3) is 77.2 Å². The lowest BCUT2D eigenvalue weighted by molar-refractivity contribution is 0.666. The molecule has 1 heterocycles. The van der Waals surface area contributed by atoms with E-state index in [-0.39, 0.29) is 5.41 Å². The monoisotopic (exact) mass is 729 g/mol. The fourth-order valence-electron chi connectivity index (χ4n) is 9.32. The molecule has 0 spiro atoms. The van der Waals surface area contributed by atoms with Crippen LogP contribution in [0.5, 0.6) is 0 Å². The number of hydrogen-bond donors (Lipinski definition) is 0. The second kappa shape index (κ2) is 13.0. The van der Waals surface area contributed by atoms with Crippen LogP contribution in [0.15, 0.2) is 205 Å². The normalized spacial score (nSPS) is 12.9. The Bertz CT molecular complexity index is 3040. The smallest absolute Gasteiger partial charge is 0.143 e. The van der Waals surface area contributed by atoms with Crippen molar-refractivity contribution in [3.05, 3.63) is 211 Å². The average molecular weight is 730 g/mol. The second-order valence-electron chi connectivity index (χ2n) is 15.7. The van der Waals surface area contributed by atoms with Crippen molar-refractivity contribution in [2.45, 2.75) is 19.3 Å². The Labute approximate surface area is 332 Å². The summed E-state index contributed by atoms with van der Waals surface area (Å²) >= 11 is 0. The van der Waals surface area contributed by atoms with Gasteiger partial charge in [-0.3, -0.25) is 0 Å². The van der Waals surface area contributed by atoms with Gasteiger partial charge < -0.3 is 9.32 Å². The largest absolute Gasteiger partial charge is 0.455 e. The highest BCUT2D eigenvalue weighted by Gasteiger charge is 2.39. The molecular weight excluding hydrogens is 691 g/mol. The van der Waals surface area contributed by atoms with Crippen LogP contribution in [0.1, 0.15) is 25.0 Å². The van der Waals surface area contributed by atoms with Crippen LogP contribution >= 0.6 is 0 Å². The third-order valence-electron chi connectivity index (χ3n) is 12.0. The summed E-state index contributed by atoms with van der Waals surface area (Å²) in [4.78, 5) is 2.40. The molecule has 1 aliphatic carbocycles. The molecule has 9 aromatic carbocycles. The van der Waals surface area contributed by atoms with E-state index in [1.807, 2.05) is 0 Å². The van der Waals surface area contributed by atoms with Gasteiger partial charge in [0.15, 0.2) is 0 Å². The lowest BCUT2D eigenvalue weighted by atomic mass is 9.79. The predicted octanol–water partition coefficient (Wildman–Crippen LogP) is 15.5. The van der Waals surface area contributed by atoms with Crippen molar-refractivity contribution >= 4 is 49.8 Å². The molecule has 0 N–H and O–H groups in total. The third kappa shape index (κ3) is 5.33. The molecule has 1 aliphatic rings. The van der Waals surface area contributed by atoms with Crippen LogP contribution in [0.2, 0.25) is 0 Å². The van der Waals surface area contributed by atoms with E-state index in [9.17, 15) is 0 Å². The maximum Gasteiger partial charge on any atom is 0.143 e. The highest BCUT2D eigenvalue weighted by atomic mass is 16.3. The van der Waals surface area contributed by atoms with Crippen molar-refractivity contribution in [2.24, 2.45) is 0 Å². The van der Waals surface area contributed by atoms with E-state index in [0.717, 1.165) is 44.6 Å². The zero-order chi connectivity index (χ0) is 38.1. The van der Waals surface area contributed by atoms with E-state index in [0.29, 0.717) is 0 Å². The molecule has 0 amide bonds. The summed E-state index contributed by atoms with van der Waals surface area (Å²) in [6.45, 7) is 4.77. The number of para-hydroxylation sites is 2. The zero-order valence-electron chi connectivity index (χ0n) is 31.9. The summed E-state index contributed by atoms with van der Waals surface area (Å²) in [7, 11) is 0. The number of furan rings is 1. The summed E-state index contributed by atoms with van der Waals surface area (Å²) in [5.74, 6) is 0. The fraction of sp³-hybridized carbons (Fsp3) is 0.0545. The van der Waals surface area contributed by atoms with E-state index >= 15 is 0 Å². The van der Waals surface area contributed by atoms with Crippen LogP contribution in [0.4, 0.5) is 17.1 Å². The summed E-state index contributed by atoms with van der Waals surface area (Å²) in [6, 6.07) is 72.5. The van der Waals surface area contributed by atoms with Gasteiger partial charge in [0.2, 0.25) is 0 Å². The predicted molar refractivity (Wildman–Crippen MR) is 240 cm³/mol. The van der Waals surface area contributed by atoms with Gasteiger partial charge in [0.1, 0.15) is 11.2 Å². The molecule has 0 saturated heterocycles. The van der Waals surface area contributed by atoms with E-state index in [4.69, 9.17) is 4.42 Å². The van der Waals surface area contributed by atoms with Gasteiger partial charge in [-0.15, -0.1) is 0 Å². The topological polar surface area (TPSA) is 16.4 Å². The van der Waals surface area contributed by atoms with Gasteiger partial charge in [0.25, 0.3) is 0 Å². The van der Waals surface area contributed by atoms with Crippen molar-refractivity contribution in [1.82, 2.24) is 0 Å². The minimum atomic E-state index is -0.236. The van der Waals surface area contributed by atoms with Gasteiger partial charge in [-0.05, 0) is 109 Å². The van der Waals surface area contributed by atoms with Gasteiger partial charge in [-0.1, -0.05) is 166 Å². The summed E-state index contributed by atoms with van der Waals surface area (Å²) in [5.41, 5.74) is 17.3. The quantitative estimate of drug-likeness (QED) is 0.169. The molecular formula is C55H39NO. The molecule has 2 heteroatoms. The zero-order valence-corrected chi connectivity index (χ0v) is 31.9. The number of fused-ring (bicyclic) bond motifs is 8. The summed E-state index contributed by atoms with van der Waals surface area (Å²) in [5, 5.41) is 4.81. The number of nitrogens with zero attached hydrogens (tertiary/aromatic N) is 1. The van der Waals surface area contributed by atoms with Gasteiger partial charge in [0, 0.05) is 38.8 Å². The molecule has 0 fully saturated rings. The first-order valence-corrected chi connectivity index (χ1v) is 19.8. The molecule has 270 valence electrons. The Kier molecular flexibility index (Phi) is 7.55. The fourth-order valence-corrected chi connectivity index (χ4v) is 9.32. The van der Waals surface area contributed by atoms with E-state index in [1.54, 1.807) is 0 Å². The van der Waals surface area contributed by atoms with Crippen LogP contribution in [0, 0.1) is 0 Å². The number of benzene rings is 9. The van der Waals surface area contributed by atoms with Crippen molar-refractivity contribution in [3.8, 4) is 44.5 Å². The van der Waals surface area contributed by atoms with Crippen molar-refractivity contribution in [1.29, 1.82) is 0 Å². The maximum absolute atomic E-state index is 6.70. The van der Waals surface area contributed by atoms with E-state index in [1.165, 1.54) is 60.8 Å². The first-order valence-electron chi connectivity index (χ1n) is 19.8. The lowest BCUT2D eigenvalue weighted by Gasteiger charge is -2.27. The molecule has 0 bridgehead atoms. The first kappa shape index (κ1) is 33.2. The van der Waals surface area contributed by atoms with E-state index in [2.05, 4.69) is 219 Å². The molecule has 0 unspecified atom stereocenters. The Morgan fingerprint density at radius 1 is 0.404 bits per heavy atom. The lowest BCUT2D eigenvalue weighted by Crippen LogP contribution is -2.16. The van der Waals surface area contributed by atoms with Crippen molar-refractivity contribution in [2.75, 3.05) is 4.90 Å². The average Bonchev–Trinajstić information content (AvgIpc) is 3.77. The van der Waals surface area contributed by atoms with Gasteiger partial charge in [-0.25, -0.2) is 0 Å². The van der Waals surface area contributed by atoms with E-state index < -0.39 is 0 Å². The number of anilines is 3. The van der Waals surface area contributed by atoms with Gasteiger partial charge >= 0.3 is 0 Å². The Morgan fingerprint density at radius 3 is 1.61 bits per heavy atom. The number of rotatable bonds is 6. The van der Waals surface area contributed by atoms with Crippen LogP contribution in [-0.2, 0) is 5.41 Å². The minimum Gasteiger partial charge on any atom is -0.455 e. The van der Waals surface area contributed by atoms with Crippen molar-refractivity contribution < 1.29 is 4.42 Å². The Balaban J connectivity index is 1.13. The Morgan fingerprint density at radius 2 is 0.947 bits per heavy atom. The molecule has 0 atom stereocenters. The molecule has 11 rings (SSSR count). The SMILES string of the molecule is CC1(C)c2ccc(N(c3ccc(-c4ccccc4)cc3)c3ccc(-c4ccccc4)cc3)cc2-c2c(-c3cccc4c3oc3ccccc34)cc3ccccc3c21. The highest BCUT2D eigenvalue weighted by Crippen LogP contribution is 2.57. The highest BCUT2D eigenvalue weighted by molar-refractivity contribution is 6.13. The third-order valence-corrected chi connectivity index (χ3v) is 12.0. The minimum absolute atomic E-state index is 0.236. The van der Waals surface area contributed by atoms with Crippen LogP contribution < -0.4 is 4.90 Å². The number of hydrogen-bond acceptors (Lipinski definition) is 2. The molecule has 0 saturated carbocycles. The summed E-state index contributed by atoms with van der Waals surface area (Å²) in [6.07, 6.45) is 0.